The zero-order valence-corrected chi connectivity index (χ0v) is 17.0. The second-order valence-electron chi connectivity index (χ2n) is 7.32. The van der Waals surface area contributed by atoms with Crippen LogP contribution in [0.15, 0.2) is 60.7 Å². The predicted octanol–water partition coefficient (Wildman–Crippen LogP) is 2.31. The number of rotatable bonds is 8. The molecule has 4 rings (SSSR count). The summed E-state index contributed by atoms with van der Waals surface area (Å²) in [5, 5.41) is 7.47. The summed E-state index contributed by atoms with van der Waals surface area (Å²) in [4.78, 5) is 19.6. The van der Waals surface area contributed by atoms with Crippen molar-refractivity contribution < 1.29 is 9.53 Å². The molecule has 0 unspecified atom stereocenters. The first kappa shape index (κ1) is 20.3. The first-order chi connectivity index (χ1) is 14.8. The van der Waals surface area contributed by atoms with E-state index in [1.54, 1.807) is 4.68 Å². The van der Waals surface area contributed by atoms with E-state index < -0.39 is 0 Å². The van der Waals surface area contributed by atoms with E-state index in [0.29, 0.717) is 13.0 Å². The Hall–Kier alpha value is -3.03. The van der Waals surface area contributed by atoms with Gasteiger partial charge in [0.05, 0.1) is 18.9 Å². The lowest BCUT2D eigenvalue weighted by atomic mass is 10.1. The fraction of sp³-hybridized carbons (Fsp3) is 0.348. The van der Waals surface area contributed by atoms with Crippen LogP contribution in [0.4, 0.5) is 0 Å². The van der Waals surface area contributed by atoms with E-state index >= 15 is 0 Å². The minimum atomic E-state index is -0.235. The molecule has 1 saturated heterocycles. The molecule has 30 heavy (non-hydrogen) atoms. The summed E-state index contributed by atoms with van der Waals surface area (Å²) in [6.07, 6.45) is 1.50. The van der Waals surface area contributed by atoms with Crippen molar-refractivity contribution in [2.24, 2.45) is 0 Å². The van der Waals surface area contributed by atoms with Gasteiger partial charge < -0.3 is 10.1 Å². The van der Waals surface area contributed by atoms with Crippen LogP contribution < -0.4 is 5.32 Å². The number of carbonyl (C=O) groups is 1. The zero-order chi connectivity index (χ0) is 20.6. The summed E-state index contributed by atoms with van der Waals surface area (Å²) < 4.78 is 7.12. The molecule has 0 atom stereocenters. The number of ether oxygens (including phenoxy) is 1. The van der Waals surface area contributed by atoms with Gasteiger partial charge in [-0.3, -0.25) is 9.69 Å². The predicted molar refractivity (Wildman–Crippen MR) is 115 cm³/mol. The van der Waals surface area contributed by atoms with Gasteiger partial charge in [-0.1, -0.05) is 48.5 Å². The smallest absolute Gasteiger partial charge is 0.290 e. The van der Waals surface area contributed by atoms with Crippen molar-refractivity contribution >= 4 is 5.91 Å². The standard InChI is InChI=1S/C23H27N5O2/c29-23(24-12-7-13-27-14-16-30-17-15-27)22-25-21(18-19-8-3-1-4-9-19)28(26-22)20-10-5-2-6-11-20/h1-6,8-11H,7,12-18H2,(H,24,29). The third-order valence-electron chi connectivity index (χ3n) is 5.12. The highest BCUT2D eigenvalue weighted by atomic mass is 16.5. The van der Waals surface area contributed by atoms with Crippen LogP contribution in [0.2, 0.25) is 0 Å². The average molecular weight is 406 g/mol. The minimum Gasteiger partial charge on any atom is -0.379 e. The van der Waals surface area contributed by atoms with Gasteiger partial charge in [-0.15, -0.1) is 5.10 Å². The molecule has 0 aliphatic carbocycles. The number of aromatic nitrogens is 3. The average Bonchev–Trinajstić information content (AvgIpc) is 3.22. The van der Waals surface area contributed by atoms with Gasteiger partial charge in [0.25, 0.3) is 5.91 Å². The Labute approximate surface area is 176 Å². The van der Waals surface area contributed by atoms with E-state index in [0.717, 1.165) is 56.3 Å². The molecule has 1 fully saturated rings. The van der Waals surface area contributed by atoms with E-state index in [-0.39, 0.29) is 11.7 Å². The molecule has 1 amide bonds. The van der Waals surface area contributed by atoms with Crippen LogP contribution in [0, 0.1) is 0 Å². The number of morpholine rings is 1. The molecule has 156 valence electrons. The topological polar surface area (TPSA) is 72.3 Å². The number of nitrogens with zero attached hydrogens (tertiary/aromatic N) is 4. The Morgan fingerprint density at radius 3 is 2.43 bits per heavy atom. The van der Waals surface area contributed by atoms with Gasteiger partial charge in [0, 0.05) is 26.1 Å². The molecule has 0 radical (unpaired) electrons. The molecule has 1 aliphatic rings. The van der Waals surface area contributed by atoms with E-state index in [1.165, 1.54) is 0 Å². The Bertz CT molecular complexity index is 937. The van der Waals surface area contributed by atoms with E-state index in [4.69, 9.17) is 4.74 Å². The minimum absolute atomic E-state index is 0.205. The second kappa shape index (κ2) is 10.1. The third kappa shape index (κ3) is 5.31. The monoisotopic (exact) mass is 405 g/mol. The van der Waals surface area contributed by atoms with Gasteiger partial charge in [0.15, 0.2) is 0 Å². The molecule has 1 aliphatic heterocycles. The summed E-state index contributed by atoms with van der Waals surface area (Å²) >= 11 is 0. The largest absolute Gasteiger partial charge is 0.379 e. The number of benzene rings is 2. The molecule has 1 aromatic heterocycles. The van der Waals surface area contributed by atoms with Crippen LogP contribution in [-0.4, -0.2) is 65.0 Å². The Kier molecular flexibility index (Phi) is 6.84. The van der Waals surface area contributed by atoms with Crippen molar-refractivity contribution in [1.82, 2.24) is 25.0 Å². The molecule has 7 heteroatoms. The lowest BCUT2D eigenvalue weighted by Crippen LogP contribution is -2.38. The molecule has 2 aromatic carbocycles. The first-order valence-electron chi connectivity index (χ1n) is 10.4. The molecule has 0 saturated carbocycles. The number of hydrogen-bond donors (Lipinski definition) is 1. The van der Waals surface area contributed by atoms with Crippen molar-refractivity contribution in [3.63, 3.8) is 0 Å². The van der Waals surface area contributed by atoms with Crippen LogP contribution in [-0.2, 0) is 11.2 Å². The summed E-state index contributed by atoms with van der Waals surface area (Å²) in [7, 11) is 0. The zero-order valence-electron chi connectivity index (χ0n) is 17.0. The summed E-state index contributed by atoms with van der Waals surface area (Å²) in [6, 6.07) is 19.9. The fourth-order valence-corrected chi connectivity index (χ4v) is 3.52. The van der Waals surface area contributed by atoms with Gasteiger partial charge in [0.1, 0.15) is 5.82 Å². The normalized spacial score (nSPS) is 14.5. The second-order valence-corrected chi connectivity index (χ2v) is 7.32. The van der Waals surface area contributed by atoms with Gasteiger partial charge in [-0.05, 0) is 30.7 Å². The molecule has 1 N–H and O–H groups in total. The molecule has 2 heterocycles. The van der Waals surface area contributed by atoms with E-state index in [1.807, 2.05) is 48.5 Å². The molecule has 7 nitrogen and oxygen atoms in total. The number of nitrogens with one attached hydrogen (secondary N) is 1. The number of carbonyl (C=O) groups excluding carboxylic acids is 1. The maximum Gasteiger partial charge on any atom is 0.290 e. The van der Waals surface area contributed by atoms with Gasteiger partial charge >= 0.3 is 0 Å². The Morgan fingerprint density at radius 1 is 1.00 bits per heavy atom. The SMILES string of the molecule is O=C(NCCCN1CCOCC1)c1nc(Cc2ccccc2)n(-c2ccccc2)n1. The number of para-hydroxylation sites is 1. The van der Waals surface area contributed by atoms with Crippen LogP contribution in [0.1, 0.15) is 28.4 Å². The van der Waals surface area contributed by atoms with Crippen LogP contribution >= 0.6 is 0 Å². The van der Waals surface area contributed by atoms with E-state index in [9.17, 15) is 4.79 Å². The van der Waals surface area contributed by atoms with Crippen LogP contribution in [0.3, 0.4) is 0 Å². The van der Waals surface area contributed by atoms with Crippen molar-refractivity contribution in [2.45, 2.75) is 12.8 Å². The maximum absolute atomic E-state index is 12.7. The number of amides is 1. The van der Waals surface area contributed by atoms with Crippen LogP contribution in [0.5, 0.6) is 0 Å². The summed E-state index contributed by atoms with van der Waals surface area (Å²) in [5.74, 6) is 0.711. The fourth-order valence-electron chi connectivity index (χ4n) is 3.52. The lowest BCUT2D eigenvalue weighted by Gasteiger charge is -2.26. The van der Waals surface area contributed by atoms with Crippen LogP contribution in [0.25, 0.3) is 5.69 Å². The van der Waals surface area contributed by atoms with Crippen molar-refractivity contribution in [3.05, 3.63) is 77.9 Å². The van der Waals surface area contributed by atoms with Gasteiger partial charge in [-0.2, -0.15) is 0 Å². The lowest BCUT2D eigenvalue weighted by molar-refractivity contribution is 0.0374. The highest BCUT2D eigenvalue weighted by Crippen LogP contribution is 2.14. The molecular formula is C23H27N5O2. The van der Waals surface area contributed by atoms with Crippen molar-refractivity contribution in [1.29, 1.82) is 0 Å². The highest BCUT2D eigenvalue weighted by molar-refractivity contribution is 5.90. The van der Waals surface area contributed by atoms with E-state index in [2.05, 4.69) is 32.4 Å². The Balaban J connectivity index is 1.42. The molecular weight excluding hydrogens is 378 g/mol. The summed E-state index contributed by atoms with van der Waals surface area (Å²) in [5.41, 5.74) is 2.02. The highest BCUT2D eigenvalue weighted by Gasteiger charge is 2.18. The first-order valence-corrected chi connectivity index (χ1v) is 10.4. The Morgan fingerprint density at radius 2 is 1.70 bits per heavy atom. The molecule has 0 spiro atoms. The van der Waals surface area contributed by atoms with Crippen molar-refractivity contribution in [3.8, 4) is 5.69 Å². The van der Waals surface area contributed by atoms with Gasteiger partial charge in [-0.25, -0.2) is 9.67 Å². The molecule has 0 bridgehead atoms. The number of hydrogen-bond acceptors (Lipinski definition) is 5. The molecule has 3 aromatic rings. The third-order valence-corrected chi connectivity index (χ3v) is 5.12. The van der Waals surface area contributed by atoms with Crippen molar-refractivity contribution in [2.75, 3.05) is 39.4 Å². The summed E-state index contributed by atoms with van der Waals surface area (Å²) in [6.45, 7) is 5.05. The van der Waals surface area contributed by atoms with Gasteiger partial charge in [0.2, 0.25) is 5.82 Å². The maximum atomic E-state index is 12.7. The quantitative estimate of drug-likeness (QED) is 0.583.